The summed E-state index contributed by atoms with van der Waals surface area (Å²) in [6.45, 7) is 3.51. The molecule has 1 amide bonds. The lowest BCUT2D eigenvalue weighted by Gasteiger charge is -2.34. The molecule has 24 heavy (non-hydrogen) atoms. The van der Waals surface area contributed by atoms with E-state index >= 15 is 0 Å². The van der Waals surface area contributed by atoms with Gasteiger partial charge in [0.15, 0.2) is 0 Å². The van der Waals surface area contributed by atoms with Crippen molar-refractivity contribution in [1.82, 2.24) is 9.80 Å². The molecule has 2 fully saturated rings. The maximum atomic E-state index is 12.8. The van der Waals surface area contributed by atoms with Gasteiger partial charge in [0.1, 0.15) is 0 Å². The number of rotatable bonds is 5. The molecule has 5 heteroatoms. The Kier molecular flexibility index (Phi) is 5.87. The predicted molar refractivity (Wildman–Crippen MR) is 92.4 cm³/mol. The molecule has 0 aliphatic carbocycles. The van der Waals surface area contributed by atoms with Crippen LogP contribution in [0.1, 0.15) is 24.8 Å². The van der Waals surface area contributed by atoms with E-state index in [2.05, 4.69) is 29.2 Å². The van der Waals surface area contributed by atoms with E-state index in [0.29, 0.717) is 6.54 Å². The summed E-state index contributed by atoms with van der Waals surface area (Å²) in [5, 5.41) is 9.55. The molecule has 2 heterocycles. The summed E-state index contributed by atoms with van der Waals surface area (Å²) in [7, 11) is 1.68. The topological polar surface area (TPSA) is 53.0 Å². The maximum absolute atomic E-state index is 12.8. The van der Waals surface area contributed by atoms with Gasteiger partial charge in [0.2, 0.25) is 5.91 Å². The fourth-order valence-corrected chi connectivity index (χ4v) is 3.90. The van der Waals surface area contributed by atoms with E-state index in [-0.39, 0.29) is 30.6 Å². The minimum absolute atomic E-state index is 0.0262. The zero-order valence-electron chi connectivity index (χ0n) is 14.4. The van der Waals surface area contributed by atoms with Crippen LogP contribution in [0.4, 0.5) is 0 Å². The number of carbonyl (C=O) groups excluding carboxylic acids is 1. The summed E-state index contributed by atoms with van der Waals surface area (Å²) in [6, 6.07) is 10.4. The maximum Gasteiger partial charge on any atom is 0.226 e. The number of methoxy groups -OCH3 is 1. The Labute approximate surface area is 144 Å². The monoisotopic (exact) mass is 332 g/mol. The number of ether oxygens (including phenoxy) is 1. The van der Waals surface area contributed by atoms with E-state index < -0.39 is 0 Å². The number of piperidine rings is 1. The molecule has 2 atom stereocenters. The van der Waals surface area contributed by atoms with Crippen LogP contribution in [-0.2, 0) is 16.1 Å². The number of hydrogen-bond acceptors (Lipinski definition) is 4. The summed E-state index contributed by atoms with van der Waals surface area (Å²) in [6.07, 6.45) is 2.60. The van der Waals surface area contributed by atoms with Crippen molar-refractivity contribution in [2.45, 2.75) is 38.0 Å². The molecule has 0 bridgehead atoms. The van der Waals surface area contributed by atoms with Crippen molar-refractivity contribution in [1.29, 1.82) is 0 Å². The van der Waals surface area contributed by atoms with Crippen LogP contribution >= 0.6 is 0 Å². The molecule has 2 aliphatic heterocycles. The van der Waals surface area contributed by atoms with Gasteiger partial charge < -0.3 is 14.7 Å². The van der Waals surface area contributed by atoms with Crippen molar-refractivity contribution in [3.63, 3.8) is 0 Å². The Morgan fingerprint density at radius 3 is 2.58 bits per heavy atom. The van der Waals surface area contributed by atoms with E-state index in [9.17, 15) is 9.90 Å². The number of aliphatic hydroxyl groups is 1. The van der Waals surface area contributed by atoms with Crippen LogP contribution < -0.4 is 0 Å². The van der Waals surface area contributed by atoms with Gasteiger partial charge in [-0.1, -0.05) is 30.3 Å². The van der Waals surface area contributed by atoms with Gasteiger partial charge >= 0.3 is 0 Å². The summed E-state index contributed by atoms with van der Waals surface area (Å²) >= 11 is 0. The van der Waals surface area contributed by atoms with Gasteiger partial charge in [-0.15, -0.1) is 0 Å². The van der Waals surface area contributed by atoms with Crippen molar-refractivity contribution < 1.29 is 14.6 Å². The number of benzene rings is 1. The van der Waals surface area contributed by atoms with E-state index in [1.165, 1.54) is 5.56 Å². The Morgan fingerprint density at radius 1 is 1.25 bits per heavy atom. The van der Waals surface area contributed by atoms with Crippen LogP contribution in [0.5, 0.6) is 0 Å². The number of nitrogens with zero attached hydrogens (tertiary/aromatic N) is 2. The van der Waals surface area contributed by atoms with Crippen LogP contribution in [-0.4, -0.2) is 66.3 Å². The second kappa shape index (κ2) is 8.10. The number of amides is 1. The van der Waals surface area contributed by atoms with Crippen LogP contribution in [0.15, 0.2) is 30.3 Å². The first kappa shape index (κ1) is 17.4. The van der Waals surface area contributed by atoms with Gasteiger partial charge in [-0.25, -0.2) is 0 Å². The SMILES string of the molecule is CO[C@H]1C[C@@H](CO)N(C(=O)C2CCN(Cc3ccccc3)CC2)C1. The summed E-state index contributed by atoms with van der Waals surface area (Å²) < 4.78 is 5.38. The highest BCUT2D eigenvalue weighted by Gasteiger charge is 2.38. The average Bonchev–Trinajstić information content (AvgIpc) is 3.06. The third-order valence-electron chi connectivity index (χ3n) is 5.39. The fourth-order valence-electron chi connectivity index (χ4n) is 3.90. The van der Waals surface area contributed by atoms with Crippen LogP contribution in [0.3, 0.4) is 0 Å². The van der Waals surface area contributed by atoms with Gasteiger partial charge in [0, 0.05) is 26.1 Å². The quantitative estimate of drug-likeness (QED) is 0.888. The molecular weight excluding hydrogens is 304 g/mol. The average molecular weight is 332 g/mol. The lowest BCUT2D eigenvalue weighted by atomic mass is 9.94. The van der Waals surface area contributed by atoms with Crippen molar-refractivity contribution in [2.75, 3.05) is 33.4 Å². The van der Waals surface area contributed by atoms with Crippen LogP contribution in [0.2, 0.25) is 0 Å². The molecule has 5 nitrogen and oxygen atoms in total. The standard InChI is InChI=1S/C19H28N2O3/c1-24-18-11-17(14-22)21(13-18)19(23)16-7-9-20(10-8-16)12-15-5-3-2-4-6-15/h2-6,16-18,22H,7-14H2,1H3/t17-,18-/m0/s1. The van der Waals surface area contributed by atoms with Gasteiger partial charge in [-0.05, 0) is 37.9 Å². The van der Waals surface area contributed by atoms with Crippen molar-refractivity contribution in [3.05, 3.63) is 35.9 Å². The van der Waals surface area contributed by atoms with E-state index in [0.717, 1.165) is 38.9 Å². The Hall–Kier alpha value is -1.43. The number of hydrogen-bond donors (Lipinski definition) is 1. The molecule has 3 rings (SSSR count). The van der Waals surface area contributed by atoms with Gasteiger partial charge in [0.05, 0.1) is 18.8 Å². The number of aliphatic hydroxyl groups excluding tert-OH is 1. The molecule has 2 aliphatic rings. The summed E-state index contributed by atoms with van der Waals surface area (Å²) in [5.74, 6) is 0.287. The number of carbonyl (C=O) groups is 1. The largest absolute Gasteiger partial charge is 0.394 e. The third kappa shape index (κ3) is 3.97. The molecular formula is C19H28N2O3. The minimum atomic E-state index is -0.0789. The van der Waals surface area contributed by atoms with E-state index in [1.54, 1.807) is 7.11 Å². The molecule has 0 saturated carbocycles. The summed E-state index contributed by atoms with van der Waals surface area (Å²) in [5.41, 5.74) is 1.32. The smallest absolute Gasteiger partial charge is 0.226 e. The lowest BCUT2D eigenvalue weighted by Crippen LogP contribution is -2.45. The zero-order valence-corrected chi connectivity index (χ0v) is 14.4. The Morgan fingerprint density at radius 2 is 1.96 bits per heavy atom. The van der Waals surface area contributed by atoms with Gasteiger partial charge in [-0.3, -0.25) is 9.69 Å². The first-order valence-corrected chi connectivity index (χ1v) is 8.91. The molecule has 2 saturated heterocycles. The predicted octanol–water partition coefficient (Wildman–Crippen LogP) is 1.51. The second-order valence-electron chi connectivity index (χ2n) is 6.96. The fraction of sp³-hybridized carbons (Fsp3) is 0.632. The Bertz CT molecular complexity index is 529. The first-order valence-electron chi connectivity index (χ1n) is 8.91. The van der Waals surface area contributed by atoms with E-state index in [1.807, 2.05) is 11.0 Å². The Balaban J connectivity index is 1.51. The first-order chi connectivity index (χ1) is 11.7. The number of likely N-dealkylation sites (tertiary alicyclic amines) is 2. The normalized spacial score (nSPS) is 26.0. The highest BCUT2D eigenvalue weighted by atomic mass is 16.5. The highest BCUT2D eigenvalue weighted by molar-refractivity contribution is 5.79. The zero-order chi connectivity index (χ0) is 16.9. The highest BCUT2D eigenvalue weighted by Crippen LogP contribution is 2.26. The van der Waals surface area contributed by atoms with Gasteiger partial charge in [0.25, 0.3) is 0 Å². The van der Waals surface area contributed by atoms with Gasteiger partial charge in [-0.2, -0.15) is 0 Å². The van der Waals surface area contributed by atoms with E-state index in [4.69, 9.17) is 4.74 Å². The molecule has 0 radical (unpaired) electrons. The summed E-state index contributed by atoms with van der Waals surface area (Å²) in [4.78, 5) is 17.1. The van der Waals surface area contributed by atoms with Crippen molar-refractivity contribution in [2.24, 2.45) is 5.92 Å². The molecule has 0 spiro atoms. The molecule has 132 valence electrons. The molecule has 0 aromatic heterocycles. The second-order valence-corrected chi connectivity index (χ2v) is 6.96. The third-order valence-corrected chi connectivity index (χ3v) is 5.39. The molecule has 1 aromatic carbocycles. The molecule has 1 N–H and O–H groups in total. The van der Waals surface area contributed by atoms with Crippen LogP contribution in [0, 0.1) is 5.92 Å². The molecule has 1 aromatic rings. The van der Waals surface area contributed by atoms with Crippen LogP contribution in [0.25, 0.3) is 0 Å². The lowest BCUT2D eigenvalue weighted by molar-refractivity contribution is -0.139. The van der Waals surface area contributed by atoms with Crippen molar-refractivity contribution in [3.8, 4) is 0 Å². The minimum Gasteiger partial charge on any atom is -0.394 e. The van der Waals surface area contributed by atoms with Crippen molar-refractivity contribution >= 4 is 5.91 Å². The molecule has 0 unspecified atom stereocenters.